The second-order valence-corrected chi connectivity index (χ2v) is 6.61. The van der Waals surface area contributed by atoms with Gasteiger partial charge >= 0.3 is 13.1 Å². The monoisotopic (exact) mass is 350 g/mol. The SMILES string of the molecule is O=C(O)c1c(OC2CN(C3CCNC3)C2)ccc(CCB(O)O)c1O. The summed E-state index contributed by atoms with van der Waals surface area (Å²) in [6.45, 7) is 3.47. The van der Waals surface area contributed by atoms with Gasteiger partial charge in [-0.15, -0.1) is 0 Å². The number of nitrogens with one attached hydrogen (secondary N) is 1. The number of rotatable bonds is 7. The predicted molar refractivity (Wildman–Crippen MR) is 91.0 cm³/mol. The zero-order valence-corrected chi connectivity index (χ0v) is 13.9. The quantitative estimate of drug-likeness (QED) is 0.419. The van der Waals surface area contributed by atoms with Crippen molar-refractivity contribution in [3.63, 3.8) is 0 Å². The van der Waals surface area contributed by atoms with E-state index in [0.29, 0.717) is 11.6 Å². The van der Waals surface area contributed by atoms with Crippen molar-refractivity contribution in [3.05, 3.63) is 23.3 Å². The average molecular weight is 350 g/mol. The van der Waals surface area contributed by atoms with Crippen molar-refractivity contribution in [3.8, 4) is 11.5 Å². The summed E-state index contributed by atoms with van der Waals surface area (Å²) < 4.78 is 5.79. The van der Waals surface area contributed by atoms with Crippen molar-refractivity contribution >= 4 is 13.1 Å². The lowest BCUT2D eigenvalue weighted by Gasteiger charge is -2.42. The average Bonchev–Trinajstić information content (AvgIpc) is 3.02. The third-order valence-corrected chi connectivity index (χ3v) is 4.83. The number of aromatic carboxylic acids is 1. The number of aromatic hydroxyl groups is 1. The zero-order chi connectivity index (χ0) is 18.0. The number of hydrogen-bond acceptors (Lipinski definition) is 7. The number of benzene rings is 1. The minimum absolute atomic E-state index is 0.0137. The maximum Gasteiger partial charge on any atom is 0.451 e. The fourth-order valence-electron chi connectivity index (χ4n) is 3.38. The minimum atomic E-state index is -1.50. The molecule has 2 saturated heterocycles. The van der Waals surface area contributed by atoms with E-state index in [1.54, 1.807) is 6.07 Å². The lowest BCUT2D eigenvalue weighted by atomic mass is 9.82. The first-order valence-corrected chi connectivity index (χ1v) is 8.51. The highest BCUT2D eigenvalue weighted by molar-refractivity contribution is 6.41. The number of nitrogens with zero attached hydrogens (tertiary/aromatic N) is 1. The van der Waals surface area contributed by atoms with Crippen LogP contribution < -0.4 is 10.1 Å². The summed E-state index contributed by atoms with van der Waals surface area (Å²) in [5.74, 6) is -1.50. The molecule has 2 aliphatic rings. The first kappa shape index (κ1) is 18.0. The van der Waals surface area contributed by atoms with E-state index in [1.807, 2.05) is 0 Å². The van der Waals surface area contributed by atoms with E-state index in [4.69, 9.17) is 14.8 Å². The Hall–Kier alpha value is -1.81. The van der Waals surface area contributed by atoms with Gasteiger partial charge in [0.15, 0.2) is 0 Å². The highest BCUT2D eigenvalue weighted by Crippen LogP contribution is 2.34. The maximum absolute atomic E-state index is 11.5. The summed E-state index contributed by atoms with van der Waals surface area (Å²) in [5, 5.41) is 40.8. The summed E-state index contributed by atoms with van der Waals surface area (Å²) >= 11 is 0. The van der Waals surface area contributed by atoms with Crippen molar-refractivity contribution in [2.75, 3.05) is 26.2 Å². The molecule has 2 heterocycles. The Labute approximate surface area is 146 Å². The van der Waals surface area contributed by atoms with Gasteiger partial charge < -0.3 is 30.3 Å². The number of carboxylic acid groups (broad SMARTS) is 1. The molecule has 8 nitrogen and oxygen atoms in total. The van der Waals surface area contributed by atoms with Crippen molar-refractivity contribution < 1.29 is 29.8 Å². The van der Waals surface area contributed by atoms with Gasteiger partial charge in [-0.25, -0.2) is 4.79 Å². The Kier molecular flexibility index (Phi) is 5.48. The van der Waals surface area contributed by atoms with E-state index in [1.165, 1.54) is 6.07 Å². The van der Waals surface area contributed by atoms with Crippen LogP contribution in [0.1, 0.15) is 22.3 Å². The lowest BCUT2D eigenvalue weighted by molar-refractivity contribution is -0.00477. The number of phenols is 1. The Morgan fingerprint density at radius 3 is 2.72 bits per heavy atom. The Balaban J connectivity index is 1.66. The maximum atomic E-state index is 11.5. The number of likely N-dealkylation sites (tertiary alicyclic amines) is 1. The molecule has 1 atom stereocenters. The summed E-state index contributed by atoms with van der Waals surface area (Å²) in [5.41, 5.74) is 0.0797. The minimum Gasteiger partial charge on any atom is -0.507 e. The van der Waals surface area contributed by atoms with Gasteiger partial charge in [0.25, 0.3) is 0 Å². The predicted octanol–water partition coefficient (Wildman–Crippen LogP) is -0.469. The lowest BCUT2D eigenvalue weighted by Crippen LogP contribution is -2.58. The first-order valence-electron chi connectivity index (χ1n) is 8.51. The van der Waals surface area contributed by atoms with Crippen molar-refractivity contribution in [1.82, 2.24) is 10.2 Å². The second-order valence-electron chi connectivity index (χ2n) is 6.61. The van der Waals surface area contributed by atoms with Crippen molar-refractivity contribution in [2.45, 2.75) is 31.3 Å². The van der Waals surface area contributed by atoms with Crippen LogP contribution in [-0.2, 0) is 6.42 Å². The van der Waals surface area contributed by atoms with E-state index >= 15 is 0 Å². The van der Waals surface area contributed by atoms with Crippen molar-refractivity contribution in [2.24, 2.45) is 0 Å². The normalized spacial score (nSPS) is 21.1. The van der Waals surface area contributed by atoms with Crippen LogP contribution >= 0.6 is 0 Å². The Morgan fingerprint density at radius 2 is 2.12 bits per heavy atom. The second kappa shape index (κ2) is 7.61. The molecule has 0 saturated carbocycles. The topological polar surface area (TPSA) is 122 Å². The zero-order valence-electron chi connectivity index (χ0n) is 13.9. The van der Waals surface area contributed by atoms with Gasteiger partial charge in [0.2, 0.25) is 0 Å². The summed E-state index contributed by atoms with van der Waals surface area (Å²) in [4.78, 5) is 13.8. The molecule has 0 aromatic heterocycles. The van der Waals surface area contributed by atoms with Crippen molar-refractivity contribution in [1.29, 1.82) is 0 Å². The van der Waals surface area contributed by atoms with E-state index in [0.717, 1.165) is 32.6 Å². The number of ether oxygens (including phenoxy) is 1. The molecule has 1 aromatic rings. The molecule has 0 amide bonds. The van der Waals surface area contributed by atoms with Gasteiger partial charge in [-0.05, 0) is 37.3 Å². The van der Waals surface area contributed by atoms with Crippen LogP contribution in [0.15, 0.2) is 12.1 Å². The number of carbonyl (C=O) groups is 1. The van der Waals surface area contributed by atoms with Gasteiger partial charge in [0.05, 0.1) is 0 Å². The molecule has 25 heavy (non-hydrogen) atoms. The largest absolute Gasteiger partial charge is 0.507 e. The van der Waals surface area contributed by atoms with Crippen LogP contribution in [0.4, 0.5) is 0 Å². The molecular weight excluding hydrogens is 327 g/mol. The highest BCUT2D eigenvalue weighted by Gasteiger charge is 2.36. The third-order valence-electron chi connectivity index (χ3n) is 4.83. The van der Waals surface area contributed by atoms with Crippen LogP contribution in [0.3, 0.4) is 0 Å². The standard InChI is InChI=1S/C16H23BN2O6/c20-15-10(3-5-17(23)24)1-2-13(14(15)16(21)22)25-12-8-19(9-12)11-4-6-18-7-11/h1-2,11-12,18,20,23-24H,3-9H2,(H,21,22). The smallest absolute Gasteiger partial charge is 0.451 e. The first-order chi connectivity index (χ1) is 12.0. The molecule has 136 valence electrons. The fraction of sp³-hybridized carbons (Fsp3) is 0.562. The van der Waals surface area contributed by atoms with Gasteiger partial charge in [-0.1, -0.05) is 6.07 Å². The molecule has 2 fully saturated rings. The van der Waals surface area contributed by atoms with Crippen LogP contribution in [0.2, 0.25) is 6.32 Å². The molecule has 1 unspecified atom stereocenters. The number of carboxylic acids is 1. The van der Waals surface area contributed by atoms with Gasteiger partial charge in [-0.2, -0.15) is 0 Å². The summed E-state index contributed by atoms with van der Waals surface area (Å²) in [7, 11) is -1.50. The molecule has 0 spiro atoms. The molecular formula is C16H23BN2O6. The van der Waals surface area contributed by atoms with Gasteiger partial charge in [-0.3, -0.25) is 4.90 Å². The number of aryl methyl sites for hydroxylation is 1. The molecule has 2 aliphatic heterocycles. The van der Waals surface area contributed by atoms with E-state index < -0.39 is 13.1 Å². The van der Waals surface area contributed by atoms with Crippen LogP contribution in [0.5, 0.6) is 11.5 Å². The van der Waals surface area contributed by atoms with Crippen LogP contribution in [0.25, 0.3) is 0 Å². The molecule has 3 rings (SSSR count). The Morgan fingerprint density at radius 1 is 1.36 bits per heavy atom. The molecule has 0 aliphatic carbocycles. The molecule has 0 radical (unpaired) electrons. The van der Waals surface area contributed by atoms with E-state index in [9.17, 15) is 15.0 Å². The van der Waals surface area contributed by atoms with Gasteiger partial charge in [0, 0.05) is 25.7 Å². The number of hydrogen-bond donors (Lipinski definition) is 5. The fourth-order valence-corrected chi connectivity index (χ4v) is 3.38. The van der Waals surface area contributed by atoms with Crippen LogP contribution in [0, 0.1) is 0 Å². The Bertz CT molecular complexity index is 629. The summed E-state index contributed by atoms with van der Waals surface area (Å²) in [6.07, 6.45) is 1.19. The highest BCUT2D eigenvalue weighted by atomic mass is 16.5. The molecule has 1 aromatic carbocycles. The van der Waals surface area contributed by atoms with Crippen LogP contribution in [-0.4, -0.2) is 76.6 Å². The molecule has 5 N–H and O–H groups in total. The molecule has 9 heteroatoms. The van der Waals surface area contributed by atoms with E-state index in [2.05, 4.69) is 10.2 Å². The van der Waals surface area contributed by atoms with E-state index in [-0.39, 0.29) is 35.9 Å². The summed E-state index contributed by atoms with van der Waals surface area (Å²) in [6, 6.07) is 3.61. The van der Waals surface area contributed by atoms with Gasteiger partial charge in [0.1, 0.15) is 23.2 Å². The third kappa shape index (κ3) is 4.06. The molecule has 0 bridgehead atoms.